The largest absolute Gasteiger partial charge is 0.426 e. The maximum absolute atomic E-state index is 6.06. The number of hydrogen-bond donors (Lipinski definition) is 0. The molecule has 27 heavy (non-hydrogen) atoms. The highest BCUT2D eigenvalue weighted by Crippen LogP contribution is 2.26. The van der Waals surface area contributed by atoms with E-state index >= 15 is 0 Å². The molecule has 3 aromatic carbocycles. The fraction of sp³-hybridized carbons (Fsp3) is 0.125. The molecule has 3 heteroatoms. The van der Waals surface area contributed by atoms with Gasteiger partial charge in [0.2, 0.25) is 0 Å². The van der Waals surface area contributed by atoms with Crippen LogP contribution in [-0.4, -0.2) is 9.55 Å². The first-order valence-corrected chi connectivity index (χ1v) is 9.15. The Hall–Kier alpha value is -3.33. The van der Waals surface area contributed by atoms with Gasteiger partial charge in [0.15, 0.2) is 0 Å². The summed E-state index contributed by atoms with van der Waals surface area (Å²) in [7, 11) is 2.03. The Balaban J connectivity index is 1.69. The molecule has 0 radical (unpaired) electrons. The molecule has 1 aromatic heterocycles. The standard InChI is InChI=1S/C24H22N2O/c1-26-23(18-20-13-7-3-8-14-20)22(17-19-11-5-2-6-12-19)25-24(26)27-21-15-9-4-10-16-21/h2-16H,17-18H2,1H3. The summed E-state index contributed by atoms with van der Waals surface area (Å²) in [6, 6.07) is 31.4. The highest BCUT2D eigenvalue weighted by atomic mass is 16.5. The minimum absolute atomic E-state index is 0.623. The van der Waals surface area contributed by atoms with Crippen LogP contribution in [0.5, 0.6) is 11.8 Å². The number of para-hydroxylation sites is 1. The van der Waals surface area contributed by atoms with Crippen molar-refractivity contribution < 1.29 is 4.74 Å². The quantitative estimate of drug-likeness (QED) is 0.464. The van der Waals surface area contributed by atoms with Crippen molar-refractivity contribution in [2.75, 3.05) is 0 Å². The highest BCUT2D eigenvalue weighted by molar-refractivity contribution is 5.34. The molecule has 0 unspecified atom stereocenters. The normalized spacial score (nSPS) is 10.7. The predicted octanol–water partition coefficient (Wildman–Crippen LogP) is 5.39. The lowest BCUT2D eigenvalue weighted by molar-refractivity contribution is 0.422. The molecule has 0 fully saturated rings. The Morgan fingerprint density at radius 3 is 1.81 bits per heavy atom. The number of aromatic nitrogens is 2. The van der Waals surface area contributed by atoms with Crippen LogP contribution in [0, 0.1) is 0 Å². The molecule has 0 bridgehead atoms. The monoisotopic (exact) mass is 354 g/mol. The van der Waals surface area contributed by atoms with Gasteiger partial charge in [-0.2, -0.15) is 4.98 Å². The van der Waals surface area contributed by atoms with Gasteiger partial charge >= 0.3 is 6.01 Å². The lowest BCUT2D eigenvalue weighted by Crippen LogP contribution is -2.02. The molecule has 134 valence electrons. The van der Waals surface area contributed by atoms with Gasteiger partial charge in [0, 0.05) is 25.6 Å². The number of nitrogens with zero attached hydrogens (tertiary/aromatic N) is 2. The minimum atomic E-state index is 0.623. The first-order chi connectivity index (χ1) is 13.3. The summed E-state index contributed by atoms with van der Waals surface area (Å²) in [4.78, 5) is 4.84. The molecule has 0 atom stereocenters. The van der Waals surface area contributed by atoms with Crippen molar-refractivity contribution in [1.29, 1.82) is 0 Å². The summed E-state index contributed by atoms with van der Waals surface area (Å²) in [5.41, 5.74) is 4.74. The van der Waals surface area contributed by atoms with Crippen molar-refractivity contribution in [2.45, 2.75) is 12.8 Å². The van der Waals surface area contributed by atoms with Gasteiger partial charge < -0.3 is 9.30 Å². The number of benzene rings is 3. The Bertz CT molecular complexity index is 993. The second kappa shape index (κ2) is 7.92. The molecular formula is C24H22N2O. The zero-order chi connectivity index (χ0) is 18.5. The Labute approximate surface area is 159 Å². The van der Waals surface area contributed by atoms with E-state index in [0.29, 0.717) is 6.01 Å². The smallest absolute Gasteiger partial charge is 0.302 e. The van der Waals surface area contributed by atoms with Crippen LogP contribution in [0.2, 0.25) is 0 Å². The van der Waals surface area contributed by atoms with Crippen LogP contribution in [0.1, 0.15) is 22.5 Å². The fourth-order valence-electron chi connectivity index (χ4n) is 3.19. The maximum Gasteiger partial charge on any atom is 0.302 e. The van der Waals surface area contributed by atoms with Crippen LogP contribution >= 0.6 is 0 Å². The molecular weight excluding hydrogens is 332 g/mol. The number of rotatable bonds is 6. The van der Waals surface area contributed by atoms with Gasteiger partial charge in [0.05, 0.1) is 5.69 Å². The molecule has 0 N–H and O–H groups in total. The fourth-order valence-corrected chi connectivity index (χ4v) is 3.19. The summed E-state index contributed by atoms with van der Waals surface area (Å²) in [6.07, 6.45) is 1.61. The zero-order valence-corrected chi connectivity index (χ0v) is 15.4. The molecule has 0 aliphatic carbocycles. The third-order valence-corrected chi connectivity index (χ3v) is 4.64. The van der Waals surface area contributed by atoms with Gasteiger partial charge in [-0.05, 0) is 23.3 Å². The summed E-state index contributed by atoms with van der Waals surface area (Å²) in [5, 5.41) is 0. The van der Waals surface area contributed by atoms with E-state index in [-0.39, 0.29) is 0 Å². The predicted molar refractivity (Wildman–Crippen MR) is 108 cm³/mol. The van der Waals surface area contributed by atoms with Crippen LogP contribution < -0.4 is 4.74 Å². The van der Waals surface area contributed by atoms with Gasteiger partial charge in [-0.25, -0.2) is 0 Å². The van der Waals surface area contributed by atoms with E-state index in [1.54, 1.807) is 0 Å². The van der Waals surface area contributed by atoms with Crippen LogP contribution in [0.3, 0.4) is 0 Å². The van der Waals surface area contributed by atoms with E-state index in [2.05, 4.69) is 53.1 Å². The summed E-state index contributed by atoms with van der Waals surface area (Å²) < 4.78 is 8.13. The first-order valence-electron chi connectivity index (χ1n) is 9.15. The molecule has 0 saturated heterocycles. The summed E-state index contributed by atoms with van der Waals surface area (Å²) in [5.74, 6) is 0.795. The van der Waals surface area contributed by atoms with E-state index < -0.39 is 0 Å². The second-order valence-corrected chi connectivity index (χ2v) is 6.59. The molecule has 0 spiro atoms. The number of hydrogen-bond acceptors (Lipinski definition) is 2. The SMILES string of the molecule is Cn1c(Oc2ccccc2)nc(Cc2ccccc2)c1Cc1ccccc1. The second-order valence-electron chi connectivity index (χ2n) is 6.59. The van der Waals surface area contributed by atoms with Crippen molar-refractivity contribution in [1.82, 2.24) is 9.55 Å². The van der Waals surface area contributed by atoms with Gasteiger partial charge in [0.25, 0.3) is 0 Å². The Kier molecular flexibility index (Phi) is 5.01. The van der Waals surface area contributed by atoms with Crippen LogP contribution in [0.25, 0.3) is 0 Å². The van der Waals surface area contributed by atoms with Gasteiger partial charge in [-0.1, -0.05) is 78.9 Å². The molecule has 1 heterocycles. The molecule has 0 aliphatic heterocycles. The lowest BCUT2D eigenvalue weighted by atomic mass is 10.0. The van der Waals surface area contributed by atoms with Gasteiger partial charge in [-0.3, -0.25) is 0 Å². The average molecular weight is 354 g/mol. The van der Waals surface area contributed by atoms with E-state index in [9.17, 15) is 0 Å². The lowest BCUT2D eigenvalue weighted by Gasteiger charge is -2.08. The highest BCUT2D eigenvalue weighted by Gasteiger charge is 2.17. The van der Waals surface area contributed by atoms with E-state index in [1.807, 2.05) is 49.5 Å². The molecule has 0 aliphatic rings. The molecule has 0 amide bonds. The maximum atomic E-state index is 6.06. The summed E-state index contributed by atoms with van der Waals surface area (Å²) in [6.45, 7) is 0. The Morgan fingerprint density at radius 1 is 0.704 bits per heavy atom. The summed E-state index contributed by atoms with van der Waals surface area (Å²) >= 11 is 0. The van der Waals surface area contributed by atoms with Crippen LogP contribution in [-0.2, 0) is 19.9 Å². The third kappa shape index (κ3) is 4.09. The van der Waals surface area contributed by atoms with Crippen molar-refractivity contribution in [2.24, 2.45) is 7.05 Å². The molecule has 4 rings (SSSR count). The number of ether oxygens (including phenoxy) is 1. The van der Waals surface area contributed by atoms with Crippen molar-refractivity contribution in [3.05, 3.63) is 114 Å². The average Bonchev–Trinajstić information content (AvgIpc) is 2.99. The molecule has 3 nitrogen and oxygen atoms in total. The van der Waals surface area contributed by atoms with E-state index in [4.69, 9.17) is 9.72 Å². The van der Waals surface area contributed by atoms with Crippen LogP contribution in [0.15, 0.2) is 91.0 Å². The minimum Gasteiger partial charge on any atom is -0.426 e. The molecule has 4 aromatic rings. The topological polar surface area (TPSA) is 27.1 Å². The van der Waals surface area contributed by atoms with Gasteiger partial charge in [-0.15, -0.1) is 0 Å². The van der Waals surface area contributed by atoms with Crippen molar-refractivity contribution in [3.63, 3.8) is 0 Å². The number of imidazole rings is 1. The Morgan fingerprint density at radius 2 is 1.22 bits per heavy atom. The van der Waals surface area contributed by atoms with E-state index in [1.165, 1.54) is 16.8 Å². The van der Waals surface area contributed by atoms with Crippen molar-refractivity contribution in [3.8, 4) is 11.8 Å². The first kappa shape index (κ1) is 17.1. The van der Waals surface area contributed by atoms with E-state index in [0.717, 1.165) is 24.3 Å². The third-order valence-electron chi connectivity index (χ3n) is 4.64. The van der Waals surface area contributed by atoms with Crippen molar-refractivity contribution >= 4 is 0 Å². The molecule has 0 saturated carbocycles. The van der Waals surface area contributed by atoms with Crippen LogP contribution in [0.4, 0.5) is 0 Å². The van der Waals surface area contributed by atoms with Gasteiger partial charge in [0.1, 0.15) is 5.75 Å². The zero-order valence-electron chi connectivity index (χ0n) is 15.4.